The molecule has 0 radical (unpaired) electrons. The highest BCUT2D eigenvalue weighted by molar-refractivity contribution is 9.10. The Hall–Kier alpha value is -1.53. The first-order chi connectivity index (χ1) is 10.4. The average molecular weight is 382 g/mol. The van der Waals surface area contributed by atoms with Crippen molar-refractivity contribution in [3.8, 4) is 5.75 Å². The zero-order chi connectivity index (χ0) is 15.9. The first-order valence-electron chi connectivity index (χ1n) is 6.92. The fourth-order valence-corrected chi connectivity index (χ4v) is 4.92. The Morgan fingerprint density at radius 3 is 2.68 bits per heavy atom. The van der Waals surface area contributed by atoms with Crippen LogP contribution in [0.1, 0.15) is 11.1 Å². The number of halogens is 1. The van der Waals surface area contributed by atoms with Crippen LogP contribution in [0.2, 0.25) is 0 Å². The molecule has 0 spiro atoms. The topological polar surface area (TPSA) is 46.6 Å². The minimum atomic E-state index is -3.63. The number of anilines is 1. The van der Waals surface area contributed by atoms with E-state index in [4.69, 9.17) is 4.74 Å². The van der Waals surface area contributed by atoms with E-state index in [-0.39, 0.29) is 0 Å². The summed E-state index contributed by atoms with van der Waals surface area (Å²) in [5.74, 6) is 0.613. The highest BCUT2D eigenvalue weighted by atomic mass is 79.9. The van der Waals surface area contributed by atoms with Crippen LogP contribution < -0.4 is 9.04 Å². The Balaban J connectivity index is 2.18. The van der Waals surface area contributed by atoms with Crippen LogP contribution in [0.5, 0.6) is 5.75 Å². The van der Waals surface area contributed by atoms with Gasteiger partial charge in [-0.25, -0.2) is 8.42 Å². The summed E-state index contributed by atoms with van der Waals surface area (Å²) in [5, 5.41) is 0. The fraction of sp³-hybridized carbons (Fsp3) is 0.250. The number of benzene rings is 2. The van der Waals surface area contributed by atoms with E-state index < -0.39 is 10.0 Å². The Kier molecular flexibility index (Phi) is 3.91. The number of sulfonamides is 1. The summed E-state index contributed by atoms with van der Waals surface area (Å²) in [6.07, 6.45) is 0. The SMILES string of the molecule is Cc1ccc(Br)cc1S(=O)(=O)N1CCOc2cccc(C)c21. The van der Waals surface area contributed by atoms with E-state index in [9.17, 15) is 8.42 Å². The zero-order valence-electron chi connectivity index (χ0n) is 12.3. The number of rotatable bonds is 2. The second-order valence-corrected chi connectivity index (χ2v) is 8.00. The predicted molar refractivity (Wildman–Crippen MR) is 90.1 cm³/mol. The summed E-state index contributed by atoms with van der Waals surface area (Å²) < 4.78 is 34.1. The number of nitrogens with zero attached hydrogens (tertiary/aromatic N) is 1. The summed E-state index contributed by atoms with van der Waals surface area (Å²) in [7, 11) is -3.63. The summed E-state index contributed by atoms with van der Waals surface area (Å²) in [6.45, 7) is 4.36. The Morgan fingerprint density at radius 1 is 1.14 bits per heavy atom. The zero-order valence-corrected chi connectivity index (χ0v) is 14.7. The molecule has 1 aliphatic rings. The molecule has 0 saturated heterocycles. The number of para-hydroxylation sites is 1. The van der Waals surface area contributed by atoms with Crippen LogP contribution in [0.4, 0.5) is 5.69 Å². The normalized spacial score (nSPS) is 14.4. The predicted octanol–water partition coefficient (Wildman–Crippen LogP) is 3.65. The van der Waals surface area contributed by atoms with E-state index >= 15 is 0 Å². The van der Waals surface area contributed by atoms with Gasteiger partial charge in [0.15, 0.2) is 0 Å². The molecule has 2 aromatic rings. The van der Waals surface area contributed by atoms with Crippen molar-refractivity contribution in [3.05, 3.63) is 52.0 Å². The lowest BCUT2D eigenvalue weighted by molar-refractivity contribution is 0.315. The van der Waals surface area contributed by atoms with Gasteiger partial charge in [0.1, 0.15) is 12.4 Å². The first-order valence-corrected chi connectivity index (χ1v) is 9.16. The summed E-state index contributed by atoms with van der Waals surface area (Å²) in [4.78, 5) is 0.318. The second-order valence-electron chi connectivity index (χ2n) is 5.26. The Morgan fingerprint density at radius 2 is 1.91 bits per heavy atom. The van der Waals surface area contributed by atoms with Gasteiger partial charge in [-0.1, -0.05) is 34.1 Å². The smallest absolute Gasteiger partial charge is 0.264 e. The van der Waals surface area contributed by atoms with Crippen molar-refractivity contribution >= 4 is 31.6 Å². The minimum absolute atomic E-state index is 0.312. The minimum Gasteiger partial charge on any atom is -0.489 e. The standard InChI is InChI=1S/C16H16BrNO3S/c1-11-6-7-13(17)10-15(11)22(19,20)18-8-9-21-14-5-3-4-12(2)16(14)18/h3-7,10H,8-9H2,1-2H3. The van der Waals surface area contributed by atoms with Crippen molar-refractivity contribution in [1.82, 2.24) is 0 Å². The van der Waals surface area contributed by atoms with Crippen molar-refractivity contribution < 1.29 is 13.2 Å². The molecule has 0 fully saturated rings. The van der Waals surface area contributed by atoms with Crippen LogP contribution >= 0.6 is 15.9 Å². The van der Waals surface area contributed by atoms with Gasteiger partial charge in [0.05, 0.1) is 17.1 Å². The number of fused-ring (bicyclic) bond motifs is 1. The van der Waals surface area contributed by atoms with Gasteiger partial charge in [-0.15, -0.1) is 0 Å². The van der Waals surface area contributed by atoms with E-state index in [0.29, 0.717) is 29.5 Å². The van der Waals surface area contributed by atoms with Crippen molar-refractivity contribution in [2.24, 2.45) is 0 Å². The van der Waals surface area contributed by atoms with Crippen LogP contribution in [-0.4, -0.2) is 21.6 Å². The van der Waals surface area contributed by atoms with Gasteiger partial charge in [-0.3, -0.25) is 4.31 Å². The third-order valence-corrected chi connectivity index (χ3v) is 6.15. The lowest BCUT2D eigenvalue weighted by Gasteiger charge is -2.32. The summed E-state index contributed by atoms with van der Waals surface area (Å²) in [6, 6.07) is 10.9. The molecule has 0 unspecified atom stereocenters. The number of ether oxygens (including phenoxy) is 1. The molecule has 0 saturated carbocycles. The Bertz CT molecular complexity index is 833. The molecular formula is C16H16BrNO3S. The van der Waals surface area contributed by atoms with Crippen LogP contribution in [0.15, 0.2) is 45.8 Å². The number of hydrogen-bond acceptors (Lipinski definition) is 3. The Labute approximate surface area is 138 Å². The summed E-state index contributed by atoms with van der Waals surface area (Å²) >= 11 is 3.35. The number of hydrogen-bond donors (Lipinski definition) is 0. The van der Waals surface area contributed by atoms with E-state index in [1.165, 1.54) is 4.31 Å². The van der Waals surface area contributed by atoms with Crippen molar-refractivity contribution in [3.63, 3.8) is 0 Å². The van der Waals surface area contributed by atoms with Crippen molar-refractivity contribution in [2.75, 3.05) is 17.5 Å². The molecule has 1 aliphatic heterocycles. The molecule has 22 heavy (non-hydrogen) atoms. The van der Waals surface area contributed by atoms with E-state index in [1.807, 2.05) is 25.1 Å². The lowest BCUT2D eigenvalue weighted by Crippen LogP contribution is -2.38. The molecule has 0 amide bonds. The van der Waals surface area contributed by atoms with Gasteiger partial charge >= 0.3 is 0 Å². The molecule has 3 rings (SSSR count). The maximum Gasteiger partial charge on any atom is 0.264 e. The molecule has 0 N–H and O–H groups in total. The fourth-order valence-electron chi connectivity index (χ4n) is 2.63. The van der Waals surface area contributed by atoms with E-state index in [2.05, 4.69) is 15.9 Å². The molecule has 4 nitrogen and oxygen atoms in total. The van der Waals surface area contributed by atoms with Crippen LogP contribution in [-0.2, 0) is 10.0 Å². The van der Waals surface area contributed by atoms with Gasteiger partial charge in [0.2, 0.25) is 0 Å². The second kappa shape index (κ2) is 5.59. The molecule has 0 atom stereocenters. The molecule has 2 aromatic carbocycles. The maximum absolute atomic E-state index is 13.1. The number of aryl methyl sites for hydroxylation is 2. The van der Waals surface area contributed by atoms with Crippen LogP contribution in [0.3, 0.4) is 0 Å². The van der Waals surface area contributed by atoms with Crippen LogP contribution in [0, 0.1) is 13.8 Å². The molecule has 6 heteroatoms. The largest absolute Gasteiger partial charge is 0.489 e. The average Bonchev–Trinajstić information content (AvgIpc) is 2.49. The molecule has 116 valence electrons. The van der Waals surface area contributed by atoms with Crippen molar-refractivity contribution in [1.29, 1.82) is 0 Å². The van der Waals surface area contributed by atoms with Gasteiger partial charge in [-0.05, 0) is 43.2 Å². The molecule has 0 aliphatic carbocycles. The molecular weight excluding hydrogens is 366 g/mol. The van der Waals surface area contributed by atoms with Gasteiger partial charge < -0.3 is 4.74 Å². The first kappa shape index (κ1) is 15.4. The van der Waals surface area contributed by atoms with Gasteiger partial charge in [0.25, 0.3) is 10.0 Å². The molecule has 1 heterocycles. The molecule has 0 aromatic heterocycles. The third-order valence-electron chi connectivity index (χ3n) is 3.72. The monoisotopic (exact) mass is 381 g/mol. The van der Waals surface area contributed by atoms with E-state index in [0.717, 1.165) is 15.6 Å². The van der Waals surface area contributed by atoms with Gasteiger partial charge in [-0.2, -0.15) is 0 Å². The summed E-state index contributed by atoms with van der Waals surface area (Å²) in [5.41, 5.74) is 2.24. The molecule has 0 bridgehead atoms. The maximum atomic E-state index is 13.1. The lowest BCUT2D eigenvalue weighted by atomic mass is 10.1. The van der Waals surface area contributed by atoms with Gasteiger partial charge in [0, 0.05) is 4.47 Å². The quantitative estimate of drug-likeness (QED) is 0.797. The van der Waals surface area contributed by atoms with E-state index in [1.54, 1.807) is 25.1 Å². The highest BCUT2D eigenvalue weighted by Crippen LogP contribution is 2.38. The van der Waals surface area contributed by atoms with Crippen molar-refractivity contribution in [2.45, 2.75) is 18.7 Å². The third kappa shape index (κ3) is 2.50. The highest BCUT2D eigenvalue weighted by Gasteiger charge is 2.32. The van der Waals surface area contributed by atoms with Crippen LogP contribution in [0.25, 0.3) is 0 Å².